The molecule has 1 aromatic carbocycles. The Hall–Kier alpha value is -2.01. The molecule has 1 atom stereocenters. The molecule has 2 heterocycles. The normalized spacial score (nSPS) is 12.5. The second-order valence-corrected chi connectivity index (χ2v) is 5.36. The zero-order valence-corrected chi connectivity index (χ0v) is 11.4. The Bertz CT molecular complexity index is 661. The molecule has 1 unspecified atom stereocenters. The molecule has 0 saturated carbocycles. The van der Waals surface area contributed by atoms with Crippen LogP contribution in [0.4, 0.5) is 5.82 Å². The van der Waals surface area contributed by atoms with E-state index in [0.29, 0.717) is 5.92 Å². The fourth-order valence-electron chi connectivity index (χ4n) is 1.97. The number of hydrogen-bond acceptors (Lipinski definition) is 5. The average molecular weight is 270 g/mol. The molecule has 5 heteroatoms. The molecule has 0 bridgehead atoms. The van der Waals surface area contributed by atoms with Crippen LogP contribution in [0.3, 0.4) is 0 Å². The Morgan fingerprint density at radius 1 is 1.32 bits per heavy atom. The number of fused-ring (bicyclic) bond motifs is 1. The van der Waals surface area contributed by atoms with Crippen molar-refractivity contribution in [3.05, 3.63) is 47.0 Å². The lowest BCUT2D eigenvalue weighted by Gasteiger charge is -2.11. The van der Waals surface area contributed by atoms with E-state index in [9.17, 15) is 0 Å². The summed E-state index contributed by atoms with van der Waals surface area (Å²) >= 11 is 1.68. The maximum Gasteiger partial charge on any atom is 0.156 e. The lowest BCUT2D eigenvalue weighted by molar-refractivity contribution is 0.790. The molecule has 96 valence electrons. The number of aromatic nitrogens is 3. The highest BCUT2D eigenvalue weighted by Gasteiger charge is 2.09. The number of hydrogen-bond donors (Lipinski definition) is 1. The zero-order valence-electron chi connectivity index (χ0n) is 10.6. The molecule has 19 heavy (non-hydrogen) atoms. The lowest BCUT2D eigenvalue weighted by atomic mass is 10.1. The molecule has 0 aliphatic rings. The summed E-state index contributed by atoms with van der Waals surface area (Å²) in [7, 11) is 0. The van der Waals surface area contributed by atoms with Crippen molar-refractivity contribution < 1.29 is 0 Å². The number of thiazole rings is 1. The largest absolute Gasteiger partial charge is 0.367 e. The summed E-state index contributed by atoms with van der Waals surface area (Å²) in [6, 6.07) is 8.12. The van der Waals surface area contributed by atoms with Gasteiger partial charge in [-0.15, -0.1) is 16.4 Å². The van der Waals surface area contributed by atoms with E-state index in [0.717, 1.165) is 28.1 Å². The van der Waals surface area contributed by atoms with Gasteiger partial charge >= 0.3 is 0 Å². The van der Waals surface area contributed by atoms with Crippen molar-refractivity contribution in [1.82, 2.24) is 15.2 Å². The van der Waals surface area contributed by atoms with E-state index < -0.39 is 0 Å². The van der Waals surface area contributed by atoms with Crippen LogP contribution in [-0.4, -0.2) is 21.7 Å². The van der Waals surface area contributed by atoms with Crippen molar-refractivity contribution in [2.24, 2.45) is 0 Å². The fraction of sp³-hybridized carbons (Fsp3) is 0.214. The summed E-state index contributed by atoms with van der Waals surface area (Å²) in [6.07, 6.45) is 3.62. The van der Waals surface area contributed by atoms with Gasteiger partial charge in [-0.05, 0) is 0 Å². The highest BCUT2D eigenvalue weighted by molar-refractivity contribution is 7.09. The van der Waals surface area contributed by atoms with Crippen molar-refractivity contribution >= 4 is 27.9 Å². The fourth-order valence-corrected chi connectivity index (χ4v) is 2.67. The number of nitrogens with one attached hydrogen (secondary N) is 1. The minimum Gasteiger partial charge on any atom is -0.367 e. The molecule has 1 N–H and O–H groups in total. The van der Waals surface area contributed by atoms with Crippen LogP contribution in [0, 0.1) is 0 Å². The Balaban J connectivity index is 1.79. The third-order valence-electron chi connectivity index (χ3n) is 3.02. The molecule has 4 nitrogen and oxygen atoms in total. The quantitative estimate of drug-likeness (QED) is 0.790. The Morgan fingerprint density at radius 2 is 2.21 bits per heavy atom. The van der Waals surface area contributed by atoms with Crippen LogP contribution in [0.15, 0.2) is 42.0 Å². The van der Waals surface area contributed by atoms with E-state index in [1.807, 2.05) is 29.8 Å². The third kappa shape index (κ3) is 2.56. The van der Waals surface area contributed by atoms with Gasteiger partial charge < -0.3 is 5.32 Å². The molecule has 0 amide bonds. The second kappa shape index (κ2) is 5.32. The standard InChI is InChI=1S/C14H14N4S/c1-10(14-15-6-7-19-14)8-16-13-12-5-3-2-4-11(12)9-17-18-13/h2-7,9-10H,8H2,1H3,(H,16,18). The van der Waals surface area contributed by atoms with Crippen molar-refractivity contribution in [3.63, 3.8) is 0 Å². The molecule has 3 aromatic rings. The maximum absolute atomic E-state index is 4.33. The minimum absolute atomic E-state index is 0.362. The van der Waals surface area contributed by atoms with Gasteiger partial charge in [-0.1, -0.05) is 31.2 Å². The van der Waals surface area contributed by atoms with Gasteiger partial charge in [0.05, 0.1) is 11.2 Å². The molecule has 0 saturated heterocycles. The Kier molecular flexibility index (Phi) is 3.37. The summed E-state index contributed by atoms with van der Waals surface area (Å²) in [5.74, 6) is 1.20. The summed E-state index contributed by atoms with van der Waals surface area (Å²) < 4.78 is 0. The summed E-state index contributed by atoms with van der Waals surface area (Å²) in [6.45, 7) is 2.96. The van der Waals surface area contributed by atoms with Crippen LogP contribution in [0.2, 0.25) is 0 Å². The molecule has 0 fully saturated rings. The average Bonchev–Trinajstić information content (AvgIpc) is 2.99. The van der Waals surface area contributed by atoms with E-state index in [1.54, 1.807) is 17.5 Å². The van der Waals surface area contributed by atoms with Crippen molar-refractivity contribution in [3.8, 4) is 0 Å². The highest BCUT2D eigenvalue weighted by Crippen LogP contribution is 2.22. The van der Waals surface area contributed by atoms with E-state index in [-0.39, 0.29) is 0 Å². The molecule has 0 aliphatic heterocycles. The number of nitrogens with zero attached hydrogens (tertiary/aromatic N) is 3. The van der Waals surface area contributed by atoms with Crippen LogP contribution in [0.1, 0.15) is 17.8 Å². The minimum atomic E-state index is 0.362. The summed E-state index contributed by atoms with van der Waals surface area (Å²) in [5.41, 5.74) is 0. The van der Waals surface area contributed by atoms with E-state index in [2.05, 4.69) is 33.5 Å². The predicted octanol–water partition coefficient (Wildman–Crippen LogP) is 3.30. The van der Waals surface area contributed by atoms with Crippen molar-refractivity contribution in [1.29, 1.82) is 0 Å². The van der Waals surface area contributed by atoms with Gasteiger partial charge in [0.2, 0.25) is 0 Å². The first-order valence-electron chi connectivity index (χ1n) is 6.18. The van der Waals surface area contributed by atoms with Crippen LogP contribution < -0.4 is 5.32 Å². The van der Waals surface area contributed by atoms with Gasteiger partial charge in [0.25, 0.3) is 0 Å². The summed E-state index contributed by atoms with van der Waals surface area (Å²) in [4.78, 5) is 4.33. The zero-order chi connectivity index (χ0) is 13.1. The molecular weight excluding hydrogens is 256 g/mol. The molecule has 3 rings (SSSR count). The molecular formula is C14H14N4S. The van der Waals surface area contributed by atoms with E-state index >= 15 is 0 Å². The molecule has 0 spiro atoms. The van der Waals surface area contributed by atoms with Crippen LogP contribution in [0.25, 0.3) is 10.8 Å². The first-order valence-corrected chi connectivity index (χ1v) is 7.06. The Morgan fingerprint density at radius 3 is 3.05 bits per heavy atom. The van der Waals surface area contributed by atoms with Crippen LogP contribution in [-0.2, 0) is 0 Å². The predicted molar refractivity (Wildman–Crippen MR) is 78.6 cm³/mol. The van der Waals surface area contributed by atoms with Crippen LogP contribution in [0.5, 0.6) is 0 Å². The van der Waals surface area contributed by atoms with Gasteiger partial charge in [-0.3, -0.25) is 0 Å². The monoisotopic (exact) mass is 270 g/mol. The van der Waals surface area contributed by atoms with Crippen molar-refractivity contribution in [2.45, 2.75) is 12.8 Å². The maximum atomic E-state index is 4.33. The van der Waals surface area contributed by atoms with Gasteiger partial charge in [-0.25, -0.2) is 4.98 Å². The topological polar surface area (TPSA) is 50.7 Å². The van der Waals surface area contributed by atoms with Crippen molar-refractivity contribution in [2.75, 3.05) is 11.9 Å². The number of anilines is 1. The lowest BCUT2D eigenvalue weighted by Crippen LogP contribution is -2.11. The third-order valence-corrected chi connectivity index (χ3v) is 4.03. The van der Waals surface area contributed by atoms with Gasteiger partial charge in [0.15, 0.2) is 5.82 Å². The first kappa shape index (κ1) is 12.0. The van der Waals surface area contributed by atoms with Gasteiger partial charge in [-0.2, -0.15) is 5.10 Å². The smallest absolute Gasteiger partial charge is 0.156 e. The molecule has 0 radical (unpaired) electrons. The van der Waals surface area contributed by atoms with E-state index in [4.69, 9.17) is 0 Å². The first-order chi connectivity index (χ1) is 9.34. The Labute approximate surface area is 115 Å². The van der Waals surface area contributed by atoms with Crippen LogP contribution >= 0.6 is 11.3 Å². The molecule has 2 aromatic heterocycles. The van der Waals surface area contributed by atoms with Gasteiger partial charge in [0.1, 0.15) is 0 Å². The van der Waals surface area contributed by atoms with Gasteiger partial charge in [0, 0.05) is 34.8 Å². The molecule has 0 aliphatic carbocycles. The van der Waals surface area contributed by atoms with E-state index in [1.165, 1.54) is 0 Å². The number of rotatable bonds is 4. The summed E-state index contributed by atoms with van der Waals surface area (Å²) in [5, 5.41) is 16.9. The highest BCUT2D eigenvalue weighted by atomic mass is 32.1. The second-order valence-electron chi connectivity index (χ2n) is 4.43. The number of benzene rings is 1. The SMILES string of the molecule is CC(CNc1nncc2ccccc12)c1nccs1.